The highest BCUT2D eigenvalue weighted by molar-refractivity contribution is 7.99. The second-order valence-electron chi connectivity index (χ2n) is 4.48. The van der Waals surface area contributed by atoms with Crippen LogP contribution in [-0.4, -0.2) is 28.8 Å². The number of sulfone groups is 1. The molecule has 0 aromatic heterocycles. The second kappa shape index (κ2) is 4.75. The standard InChI is InChI=1S/C12H12Cl2O4S/c13-11(15)5-1-3-9(7-11)19(17,18)10-4-2-6-12(14,16)8-10/h1-6,15-16H,7-8H2. The van der Waals surface area contributed by atoms with Gasteiger partial charge in [-0.25, -0.2) is 8.42 Å². The summed E-state index contributed by atoms with van der Waals surface area (Å²) >= 11 is 11.4. The molecule has 2 atom stereocenters. The Balaban J connectivity index is 2.35. The van der Waals surface area contributed by atoms with Crippen molar-refractivity contribution in [1.82, 2.24) is 0 Å². The topological polar surface area (TPSA) is 74.6 Å². The predicted octanol–water partition coefficient (Wildman–Crippen LogP) is 1.94. The summed E-state index contributed by atoms with van der Waals surface area (Å²) in [6, 6.07) is 0. The minimum absolute atomic E-state index is 0.0125. The molecule has 0 spiro atoms. The minimum atomic E-state index is -3.80. The highest BCUT2D eigenvalue weighted by Crippen LogP contribution is 2.37. The number of hydrogen-bond donors (Lipinski definition) is 2. The lowest BCUT2D eigenvalue weighted by molar-refractivity contribution is 0.179. The molecule has 2 unspecified atom stereocenters. The molecule has 0 saturated heterocycles. The van der Waals surface area contributed by atoms with Crippen molar-refractivity contribution < 1.29 is 18.6 Å². The van der Waals surface area contributed by atoms with E-state index in [2.05, 4.69) is 0 Å². The van der Waals surface area contributed by atoms with Gasteiger partial charge in [0.2, 0.25) is 0 Å². The third kappa shape index (κ3) is 3.30. The van der Waals surface area contributed by atoms with E-state index in [-0.39, 0.29) is 22.7 Å². The number of allylic oxidation sites excluding steroid dienone is 4. The summed E-state index contributed by atoms with van der Waals surface area (Å²) in [7, 11) is -3.80. The van der Waals surface area contributed by atoms with Crippen molar-refractivity contribution in [2.75, 3.05) is 0 Å². The maximum atomic E-state index is 12.4. The molecule has 104 valence electrons. The van der Waals surface area contributed by atoms with E-state index >= 15 is 0 Å². The fourth-order valence-electron chi connectivity index (χ4n) is 1.87. The van der Waals surface area contributed by atoms with E-state index in [4.69, 9.17) is 23.2 Å². The summed E-state index contributed by atoms with van der Waals surface area (Å²) in [6.45, 7) is 0. The monoisotopic (exact) mass is 322 g/mol. The van der Waals surface area contributed by atoms with Crippen LogP contribution in [0.15, 0.2) is 46.3 Å². The van der Waals surface area contributed by atoms with Gasteiger partial charge in [0.05, 0.1) is 9.81 Å². The van der Waals surface area contributed by atoms with E-state index in [1.807, 2.05) is 0 Å². The van der Waals surface area contributed by atoms with Gasteiger partial charge >= 0.3 is 0 Å². The maximum absolute atomic E-state index is 12.4. The summed E-state index contributed by atoms with van der Waals surface area (Å²) in [5, 5.41) is 15.9. The maximum Gasteiger partial charge on any atom is 0.199 e. The average Bonchev–Trinajstić information content (AvgIpc) is 2.26. The summed E-state index contributed by atoms with van der Waals surface area (Å²) in [4.78, 5) is -0.0250. The third-order valence-electron chi connectivity index (χ3n) is 2.80. The molecule has 2 rings (SSSR count). The van der Waals surface area contributed by atoms with Gasteiger partial charge in [0.15, 0.2) is 20.0 Å². The first-order valence-electron chi connectivity index (χ1n) is 5.47. The molecule has 7 heteroatoms. The van der Waals surface area contributed by atoms with Gasteiger partial charge in [-0.2, -0.15) is 0 Å². The van der Waals surface area contributed by atoms with Crippen LogP contribution in [0.1, 0.15) is 12.8 Å². The molecule has 0 amide bonds. The molecular weight excluding hydrogens is 311 g/mol. The van der Waals surface area contributed by atoms with E-state index in [9.17, 15) is 18.6 Å². The first kappa shape index (κ1) is 14.8. The normalized spacial score (nSPS) is 34.9. The number of aliphatic hydroxyl groups is 2. The Morgan fingerprint density at radius 1 is 0.947 bits per heavy atom. The smallest absolute Gasteiger partial charge is 0.199 e. The van der Waals surface area contributed by atoms with Crippen LogP contribution in [0.2, 0.25) is 0 Å². The summed E-state index contributed by atoms with van der Waals surface area (Å²) < 4.78 is 24.7. The molecule has 0 heterocycles. The summed E-state index contributed by atoms with van der Waals surface area (Å²) in [6.07, 6.45) is 7.67. The van der Waals surface area contributed by atoms with Gasteiger partial charge < -0.3 is 10.2 Å². The van der Waals surface area contributed by atoms with Crippen molar-refractivity contribution in [3.63, 3.8) is 0 Å². The fourth-order valence-corrected chi connectivity index (χ4v) is 4.13. The molecule has 0 aliphatic heterocycles. The van der Waals surface area contributed by atoms with E-state index in [0.717, 1.165) is 0 Å². The molecule has 2 aliphatic carbocycles. The average molecular weight is 323 g/mol. The van der Waals surface area contributed by atoms with E-state index in [1.165, 1.54) is 36.5 Å². The molecular formula is C12H12Cl2O4S. The summed E-state index contributed by atoms with van der Waals surface area (Å²) in [5.41, 5.74) is 0. The van der Waals surface area contributed by atoms with Gasteiger partial charge in [-0.1, -0.05) is 35.4 Å². The van der Waals surface area contributed by atoms with Crippen LogP contribution in [0.4, 0.5) is 0 Å². The molecule has 2 aliphatic rings. The zero-order valence-corrected chi connectivity index (χ0v) is 12.1. The van der Waals surface area contributed by atoms with Crippen LogP contribution in [0.3, 0.4) is 0 Å². The number of rotatable bonds is 2. The highest BCUT2D eigenvalue weighted by atomic mass is 35.5. The number of alkyl halides is 2. The van der Waals surface area contributed by atoms with Gasteiger partial charge in [0, 0.05) is 12.8 Å². The van der Waals surface area contributed by atoms with Crippen molar-refractivity contribution in [3.8, 4) is 0 Å². The first-order valence-corrected chi connectivity index (χ1v) is 7.71. The summed E-state index contributed by atoms with van der Waals surface area (Å²) in [5.74, 6) is 0. The molecule has 19 heavy (non-hydrogen) atoms. The Hall–Kier alpha value is -0.590. The Morgan fingerprint density at radius 2 is 1.32 bits per heavy atom. The molecule has 0 aromatic rings. The molecule has 0 radical (unpaired) electrons. The molecule has 2 N–H and O–H groups in total. The Morgan fingerprint density at radius 3 is 1.63 bits per heavy atom. The van der Waals surface area contributed by atoms with Gasteiger partial charge in [0.25, 0.3) is 0 Å². The number of hydrogen-bond acceptors (Lipinski definition) is 4. The lowest BCUT2D eigenvalue weighted by Gasteiger charge is -2.25. The molecule has 0 aromatic carbocycles. The van der Waals surface area contributed by atoms with E-state index in [0.29, 0.717) is 0 Å². The Labute approximate surface area is 121 Å². The van der Waals surface area contributed by atoms with Crippen molar-refractivity contribution in [2.45, 2.75) is 23.0 Å². The molecule has 0 bridgehead atoms. The number of halogens is 2. The lowest BCUT2D eigenvalue weighted by Crippen LogP contribution is -2.27. The van der Waals surface area contributed by atoms with Crippen molar-refractivity contribution >= 4 is 33.0 Å². The van der Waals surface area contributed by atoms with Gasteiger partial charge in [0.1, 0.15) is 0 Å². The lowest BCUT2D eigenvalue weighted by atomic mass is 10.1. The van der Waals surface area contributed by atoms with Crippen LogP contribution < -0.4 is 0 Å². The molecule has 0 fully saturated rings. The van der Waals surface area contributed by atoms with Crippen molar-refractivity contribution in [2.24, 2.45) is 0 Å². The minimum Gasteiger partial charge on any atom is -0.371 e. The van der Waals surface area contributed by atoms with Gasteiger partial charge in [-0.15, -0.1) is 0 Å². The van der Waals surface area contributed by atoms with Crippen LogP contribution in [0, 0.1) is 0 Å². The van der Waals surface area contributed by atoms with Crippen molar-refractivity contribution in [3.05, 3.63) is 46.3 Å². The van der Waals surface area contributed by atoms with E-state index in [1.54, 1.807) is 0 Å². The van der Waals surface area contributed by atoms with Gasteiger partial charge in [-0.3, -0.25) is 0 Å². The third-order valence-corrected chi connectivity index (χ3v) is 5.26. The molecule has 0 saturated carbocycles. The largest absolute Gasteiger partial charge is 0.371 e. The first-order chi connectivity index (χ1) is 8.62. The second-order valence-corrected chi connectivity index (χ2v) is 7.84. The van der Waals surface area contributed by atoms with Crippen LogP contribution >= 0.6 is 23.2 Å². The highest BCUT2D eigenvalue weighted by Gasteiger charge is 2.36. The quantitative estimate of drug-likeness (QED) is 0.762. The van der Waals surface area contributed by atoms with E-state index < -0.39 is 20.0 Å². The van der Waals surface area contributed by atoms with Crippen LogP contribution in [0.25, 0.3) is 0 Å². The fraction of sp³-hybridized carbons (Fsp3) is 0.333. The Bertz CT molecular complexity index is 562. The van der Waals surface area contributed by atoms with Crippen LogP contribution in [0.5, 0.6) is 0 Å². The zero-order chi connectivity index (χ0) is 14.3. The predicted molar refractivity (Wildman–Crippen MR) is 74.2 cm³/mol. The van der Waals surface area contributed by atoms with Crippen molar-refractivity contribution in [1.29, 1.82) is 0 Å². The molecule has 4 nitrogen and oxygen atoms in total. The van der Waals surface area contributed by atoms with Crippen LogP contribution in [-0.2, 0) is 9.84 Å². The SMILES string of the molecule is O=S(=O)(C1=CC=CC(O)(Cl)C1)C1=CC=CC(O)(Cl)C1. The zero-order valence-electron chi connectivity index (χ0n) is 9.75. The Kier molecular flexibility index (Phi) is 3.70. The van der Waals surface area contributed by atoms with Gasteiger partial charge in [-0.05, 0) is 24.3 Å².